The van der Waals surface area contributed by atoms with Gasteiger partial charge in [-0.3, -0.25) is 0 Å². The van der Waals surface area contributed by atoms with Gasteiger partial charge in [0.2, 0.25) is 0 Å². The van der Waals surface area contributed by atoms with Gasteiger partial charge in [0, 0.05) is 11.1 Å². The molecule has 0 radical (unpaired) electrons. The minimum Gasteiger partial charge on any atom is -0.748 e. The molecule has 0 aliphatic carbocycles. The van der Waals surface area contributed by atoms with Crippen LogP contribution >= 0.6 is 15.9 Å². The van der Waals surface area contributed by atoms with Gasteiger partial charge >= 0.3 is 18.9 Å². The van der Waals surface area contributed by atoms with E-state index in [-0.39, 0.29) is 29.9 Å². The van der Waals surface area contributed by atoms with Gasteiger partial charge in [0.25, 0.3) is 0 Å². The summed E-state index contributed by atoms with van der Waals surface area (Å²) in [7, 11) is -3.97. The molecule has 0 atom stereocenters. The van der Waals surface area contributed by atoms with Crippen LogP contribution < -0.4 is 18.9 Å². The molecule has 0 rings (SSSR count). The predicted octanol–water partition coefficient (Wildman–Crippen LogP) is -3.07. The van der Waals surface area contributed by atoms with Crippen LogP contribution in [-0.4, -0.2) is 24.1 Å². The molecule has 0 aromatic carbocycles. The number of halogens is 1. The Hall–Kier alpha value is 0.987. The van der Waals surface area contributed by atoms with Crippen LogP contribution in [0, 0.1) is 0 Å². The van der Waals surface area contributed by atoms with Gasteiger partial charge < -0.3 is 4.55 Å². The molecule has 0 bridgehead atoms. The van der Waals surface area contributed by atoms with E-state index in [0.717, 1.165) is 0 Å². The van der Waals surface area contributed by atoms with Crippen molar-refractivity contribution in [2.24, 2.45) is 0 Å². The molecule has 8 heavy (non-hydrogen) atoms. The molecule has 0 spiro atoms. The fraction of sp³-hybridized carbons (Fsp3) is 1.00. The van der Waals surface area contributed by atoms with Gasteiger partial charge in [-0.25, -0.2) is 8.42 Å². The van der Waals surface area contributed by atoms with Gasteiger partial charge in [0.05, 0.1) is 10.1 Å². The van der Waals surface area contributed by atoms with Gasteiger partial charge in [-0.2, -0.15) is 0 Å². The van der Waals surface area contributed by atoms with Crippen molar-refractivity contribution in [3.8, 4) is 0 Å². The molecule has 0 saturated heterocycles. The first kappa shape index (κ1) is 11.7. The van der Waals surface area contributed by atoms with Crippen LogP contribution in [0.4, 0.5) is 0 Å². The molecule has 0 heterocycles. The minimum absolute atomic E-state index is 0. The Labute approximate surface area is 68.9 Å². The molecule has 0 amide bonds. The van der Waals surface area contributed by atoms with Crippen LogP contribution in [0.25, 0.3) is 0 Å². The summed E-state index contributed by atoms with van der Waals surface area (Å²) >= 11 is 2.81. The summed E-state index contributed by atoms with van der Waals surface area (Å²) in [5.41, 5.74) is 0. The zero-order chi connectivity index (χ0) is 5.91. The molecular formula is C2H4BrLiO3S. The average Bonchev–Trinajstić information content (AvgIpc) is 1.30. The molecular weight excluding hydrogens is 191 g/mol. The normalized spacial score (nSPS) is 10.2. The molecule has 0 fully saturated rings. The molecule has 0 aliphatic heterocycles. The summed E-state index contributed by atoms with van der Waals surface area (Å²) in [5.74, 6) is -0.326. The molecule has 0 N–H and O–H groups in total. The maximum atomic E-state index is 9.65. The van der Waals surface area contributed by atoms with E-state index in [2.05, 4.69) is 15.9 Å². The molecule has 0 aromatic rings. The Balaban J connectivity index is 0. The van der Waals surface area contributed by atoms with Crippen molar-refractivity contribution < 1.29 is 31.8 Å². The van der Waals surface area contributed by atoms with Gasteiger partial charge in [0.1, 0.15) is 0 Å². The van der Waals surface area contributed by atoms with Gasteiger partial charge in [0.15, 0.2) is 0 Å². The van der Waals surface area contributed by atoms with Crippen LogP contribution in [0.15, 0.2) is 0 Å². The van der Waals surface area contributed by atoms with Crippen LogP contribution in [0.5, 0.6) is 0 Å². The van der Waals surface area contributed by atoms with Crippen molar-refractivity contribution in [2.45, 2.75) is 0 Å². The van der Waals surface area contributed by atoms with Crippen molar-refractivity contribution in [3.05, 3.63) is 0 Å². The van der Waals surface area contributed by atoms with E-state index in [4.69, 9.17) is 0 Å². The SMILES string of the molecule is O=S(=O)([O-])CCBr.[Li+]. The summed E-state index contributed by atoms with van der Waals surface area (Å²) in [4.78, 5) is 0. The smallest absolute Gasteiger partial charge is 0.748 e. The molecule has 0 aliphatic rings. The van der Waals surface area contributed by atoms with Gasteiger partial charge in [-0.05, 0) is 0 Å². The monoisotopic (exact) mass is 194 g/mol. The van der Waals surface area contributed by atoms with E-state index in [9.17, 15) is 13.0 Å². The number of hydrogen-bond acceptors (Lipinski definition) is 3. The molecule has 44 valence electrons. The minimum atomic E-state index is -3.97. The number of rotatable bonds is 2. The van der Waals surface area contributed by atoms with E-state index in [1.54, 1.807) is 0 Å². The Kier molecular flexibility index (Phi) is 7.09. The first-order chi connectivity index (χ1) is 3.06. The number of hydrogen-bond donors (Lipinski definition) is 0. The van der Waals surface area contributed by atoms with E-state index in [0.29, 0.717) is 0 Å². The van der Waals surface area contributed by atoms with Crippen molar-refractivity contribution in [1.82, 2.24) is 0 Å². The number of alkyl halides is 1. The Morgan fingerprint density at radius 1 is 1.50 bits per heavy atom. The van der Waals surface area contributed by atoms with Crippen LogP contribution in [0.3, 0.4) is 0 Å². The maximum Gasteiger partial charge on any atom is 1.00 e. The molecule has 3 nitrogen and oxygen atoms in total. The summed E-state index contributed by atoms with van der Waals surface area (Å²) < 4.78 is 28.9. The third-order valence-electron chi connectivity index (χ3n) is 0.327. The second-order valence-corrected chi connectivity index (χ2v) is 3.27. The van der Waals surface area contributed by atoms with E-state index in [1.807, 2.05) is 0 Å². The second-order valence-electron chi connectivity index (χ2n) is 0.951. The largest absolute Gasteiger partial charge is 1.00 e. The van der Waals surface area contributed by atoms with Crippen molar-refractivity contribution in [3.63, 3.8) is 0 Å². The maximum absolute atomic E-state index is 9.65. The summed E-state index contributed by atoms with van der Waals surface area (Å²) in [6.45, 7) is 0. The van der Waals surface area contributed by atoms with Crippen LogP contribution in [-0.2, 0) is 10.1 Å². The quantitative estimate of drug-likeness (QED) is 0.267. The summed E-state index contributed by atoms with van der Waals surface area (Å²) in [6.07, 6.45) is 0. The van der Waals surface area contributed by atoms with E-state index >= 15 is 0 Å². The van der Waals surface area contributed by atoms with Crippen LogP contribution in [0.1, 0.15) is 0 Å². The predicted molar refractivity (Wildman–Crippen MR) is 28.4 cm³/mol. The van der Waals surface area contributed by atoms with Gasteiger partial charge in [-0.15, -0.1) is 0 Å². The standard InChI is InChI=1S/C2H5BrO3S.Li/c3-1-2-7(4,5)6;/h1-2H2,(H,4,5,6);/q;+1/p-1. The van der Waals surface area contributed by atoms with Crippen LogP contribution in [0.2, 0.25) is 0 Å². The first-order valence-corrected chi connectivity index (χ1v) is 4.25. The Morgan fingerprint density at radius 3 is 1.88 bits per heavy atom. The zero-order valence-corrected chi connectivity index (χ0v) is 6.83. The van der Waals surface area contributed by atoms with Crippen molar-refractivity contribution in [2.75, 3.05) is 11.1 Å². The second kappa shape index (κ2) is 4.83. The van der Waals surface area contributed by atoms with Gasteiger partial charge in [-0.1, -0.05) is 15.9 Å². The zero-order valence-electron chi connectivity index (χ0n) is 4.43. The molecule has 0 aromatic heterocycles. The van der Waals surface area contributed by atoms with Crippen molar-refractivity contribution in [1.29, 1.82) is 0 Å². The first-order valence-electron chi connectivity index (χ1n) is 1.56. The molecule has 0 saturated carbocycles. The average molecular weight is 195 g/mol. The summed E-state index contributed by atoms with van der Waals surface area (Å²) in [6, 6.07) is 0. The molecule has 0 unspecified atom stereocenters. The summed E-state index contributed by atoms with van der Waals surface area (Å²) in [5, 5.41) is 0.221. The van der Waals surface area contributed by atoms with E-state index < -0.39 is 10.1 Å². The van der Waals surface area contributed by atoms with Crippen molar-refractivity contribution >= 4 is 26.0 Å². The fourth-order valence-electron chi connectivity index (χ4n) is 0.0945. The van der Waals surface area contributed by atoms with E-state index in [1.165, 1.54) is 0 Å². The molecule has 6 heteroatoms. The fourth-order valence-corrected chi connectivity index (χ4v) is 1.47. The third-order valence-corrected chi connectivity index (χ3v) is 1.95. The Morgan fingerprint density at radius 2 is 1.88 bits per heavy atom. The Bertz CT molecular complexity index is 130. The topological polar surface area (TPSA) is 57.2 Å². The third kappa shape index (κ3) is 10.1.